The van der Waals surface area contributed by atoms with Crippen LogP contribution in [0.25, 0.3) is 0 Å². The van der Waals surface area contributed by atoms with Crippen molar-refractivity contribution in [2.24, 2.45) is 0 Å². The first-order valence-electron chi connectivity index (χ1n) is 8.04. The number of hydrogen-bond donors (Lipinski definition) is 2. The number of carbonyl (C=O) groups is 1. The Morgan fingerprint density at radius 3 is 2.38 bits per heavy atom. The van der Waals surface area contributed by atoms with E-state index in [1.54, 1.807) is 36.4 Å². The van der Waals surface area contributed by atoms with Crippen LogP contribution in [0.1, 0.15) is 11.1 Å². The molecule has 0 atom stereocenters. The lowest BCUT2D eigenvalue weighted by molar-refractivity contribution is -0.115. The van der Waals surface area contributed by atoms with Crippen LogP contribution in [0.5, 0.6) is 0 Å². The second-order valence-electron chi connectivity index (χ2n) is 5.75. The standard InChI is InChI=1S/C21H16FN3O/c22-17-5-1-3-15(11-17)13-21(26)25-19-9-7-18(8-10-19)24-20-6-2-4-16(12-20)14-23/h1-12,24H,13H2,(H,25,26). The SMILES string of the molecule is N#Cc1cccc(Nc2ccc(NC(=O)Cc3cccc(F)c3)cc2)c1. The number of anilines is 3. The Kier molecular flexibility index (Phi) is 5.25. The number of amides is 1. The molecule has 0 unspecified atom stereocenters. The van der Waals surface area contributed by atoms with Crippen LogP contribution in [0.4, 0.5) is 21.5 Å². The molecule has 1 amide bonds. The maximum atomic E-state index is 13.2. The molecule has 26 heavy (non-hydrogen) atoms. The summed E-state index contributed by atoms with van der Waals surface area (Å²) in [5.74, 6) is -0.566. The molecule has 0 heterocycles. The summed E-state index contributed by atoms with van der Waals surface area (Å²) in [6, 6.07) is 22.5. The van der Waals surface area contributed by atoms with E-state index in [4.69, 9.17) is 5.26 Å². The summed E-state index contributed by atoms with van der Waals surface area (Å²) in [7, 11) is 0. The topological polar surface area (TPSA) is 64.9 Å². The minimum Gasteiger partial charge on any atom is -0.355 e. The van der Waals surface area contributed by atoms with Gasteiger partial charge in [0, 0.05) is 17.1 Å². The van der Waals surface area contributed by atoms with Crippen LogP contribution in [0.2, 0.25) is 0 Å². The third-order valence-electron chi connectivity index (χ3n) is 3.70. The Morgan fingerprint density at radius 2 is 1.65 bits per heavy atom. The van der Waals surface area contributed by atoms with E-state index in [1.807, 2.05) is 24.3 Å². The molecule has 0 aliphatic heterocycles. The molecule has 3 aromatic carbocycles. The molecule has 0 saturated carbocycles. The molecule has 0 radical (unpaired) electrons. The second-order valence-corrected chi connectivity index (χ2v) is 5.75. The largest absolute Gasteiger partial charge is 0.355 e. The third-order valence-corrected chi connectivity index (χ3v) is 3.70. The number of halogens is 1. The first-order chi connectivity index (χ1) is 12.6. The van der Waals surface area contributed by atoms with E-state index in [0.29, 0.717) is 16.8 Å². The number of benzene rings is 3. The highest BCUT2D eigenvalue weighted by Crippen LogP contribution is 2.20. The average molecular weight is 345 g/mol. The minimum atomic E-state index is -0.355. The van der Waals surface area contributed by atoms with Gasteiger partial charge in [-0.2, -0.15) is 5.26 Å². The van der Waals surface area contributed by atoms with Crippen LogP contribution in [-0.4, -0.2) is 5.91 Å². The van der Waals surface area contributed by atoms with Crippen molar-refractivity contribution < 1.29 is 9.18 Å². The van der Waals surface area contributed by atoms with Gasteiger partial charge in [-0.25, -0.2) is 4.39 Å². The van der Waals surface area contributed by atoms with E-state index in [2.05, 4.69) is 16.7 Å². The van der Waals surface area contributed by atoms with E-state index in [0.717, 1.165) is 11.4 Å². The van der Waals surface area contributed by atoms with Crippen LogP contribution in [0.3, 0.4) is 0 Å². The summed E-state index contributed by atoms with van der Waals surface area (Å²) in [6.45, 7) is 0. The normalized spacial score (nSPS) is 10.0. The van der Waals surface area contributed by atoms with Crippen molar-refractivity contribution in [1.29, 1.82) is 5.26 Å². The monoisotopic (exact) mass is 345 g/mol. The van der Waals surface area contributed by atoms with Gasteiger partial charge in [0.25, 0.3) is 0 Å². The zero-order valence-electron chi connectivity index (χ0n) is 13.9. The van der Waals surface area contributed by atoms with Crippen LogP contribution in [0, 0.1) is 17.1 Å². The second kappa shape index (κ2) is 7.95. The molecule has 4 nitrogen and oxygen atoms in total. The molecule has 0 bridgehead atoms. The molecule has 5 heteroatoms. The molecule has 0 aliphatic carbocycles. The van der Waals surface area contributed by atoms with Gasteiger partial charge in [-0.3, -0.25) is 4.79 Å². The third kappa shape index (κ3) is 4.68. The number of rotatable bonds is 5. The van der Waals surface area contributed by atoms with Gasteiger partial charge < -0.3 is 10.6 Å². The number of hydrogen-bond acceptors (Lipinski definition) is 3. The van der Waals surface area contributed by atoms with E-state index in [9.17, 15) is 9.18 Å². The summed E-state index contributed by atoms with van der Waals surface area (Å²) in [5.41, 5.74) is 3.51. The molecule has 2 N–H and O–H groups in total. The summed E-state index contributed by atoms with van der Waals surface area (Å²) >= 11 is 0. The lowest BCUT2D eigenvalue weighted by atomic mass is 10.1. The number of nitriles is 1. The molecule has 0 saturated heterocycles. The average Bonchev–Trinajstić information content (AvgIpc) is 2.63. The molecule has 3 rings (SSSR count). The van der Waals surface area contributed by atoms with Gasteiger partial charge >= 0.3 is 0 Å². The predicted molar refractivity (Wildman–Crippen MR) is 99.6 cm³/mol. The fourth-order valence-electron chi connectivity index (χ4n) is 2.51. The number of carbonyl (C=O) groups excluding carboxylic acids is 1. The predicted octanol–water partition coefficient (Wildman–Crippen LogP) is 4.62. The Balaban J connectivity index is 1.60. The minimum absolute atomic E-state index is 0.110. The van der Waals surface area contributed by atoms with E-state index < -0.39 is 0 Å². The van der Waals surface area contributed by atoms with Crippen molar-refractivity contribution in [3.8, 4) is 6.07 Å². The van der Waals surface area contributed by atoms with Crippen LogP contribution in [-0.2, 0) is 11.2 Å². The summed E-state index contributed by atoms with van der Waals surface area (Å²) in [6.07, 6.45) is 0.110. The smallest absolute Gasteiger partial charge is 0.228 e. The Morgan fingerprint density at radius 1 is 0.923 bits per heavy atom. The Hall–Kier alpha value is -3.65. The van der Waals surface area contributed by atoms with E-state index in [1.165, 1.54) is 12.1 Å². The van der Waals surface area contributed by atoms with Crippen molar-refractivity contribution in [1.82, 2.24) is 0 Å². The molecule has 0 spiro atoms. The Labute approximate surface area is 150 Å². The van der Waals surface area contributed by atoms with Crippen molar-refractivity contribution in [2.45, 2.75) is 6.42 Å². The number of nitrogens with one attached hydrogen (secondary N) is 2. The first-order valence-corrected chi connectivity index (χ1v) is 8.04. The van der Waals surface area contributed by atoms with Crippen molar-refractivity contribution in [2.75, 3.05) is 10.6 Å². The maximum absolute atomic E-state index is 13.2. The van der Waals surface area contributed by atoms with Crippen LogP contribution >= 0.6 is 0 Å². The van der Waals surface area contributed by atoms with Gasteiger partial charge in [-0.1, -0.05) is 18.2 Å². The zero-order valence-corrected chi connectivity index (χ0v) is 13.9. The summed E-state index contributed by atoms with van der Waals surface area (Å²) in [4.78, 5) is 12.1. The summed E-state index contributed by atoms with van der Waals surface area (Å²) in [5, 5.41) is 14.9. The molecule has 128 valence electrons. The Bertz CT molecular complexity index is 961. The maximum Gasteiger partial charge on any atom is 0.228 e. The molecular formula is C21H16FN3O. The highest BCUT2D eigenvalue weighted by atomic mass is 19.1. The molecular weight excluding hydrogens is 329 g/mol. The highest BCUT2D eigenvalue weighted by molar-refractivity contribution is 5.92. The van der Waals surface area contributed by atoms with Gasteiger partial charge in [0.1, 0.15) is 5.82 Å². The fourth-order valence-corrected chi connectivity index (χ4v) is 2.51. The number of nitrogens with zero attached hydrogens (tertiary/aromatic N) is 1. The van der Waals surface area contributed by atoms with Gasteiger partial charge in [-0.15, -0.1) is 0 Å². The zero-order chi connectivity index (χ0) is 18.4. The molecule has 3 aromatic rings. The van der Waals surface area contributed by atoms with Crippen LogP contribution < -0.4 is 10.6 Å². The van der Waals surface area contributed by atoms with Gasteiger partial charge in [0.05, 0.1) is 18.1 Å². The van der Waals surface area contributed by atoms with Gasteiger partial charge in [0.15, 0.2) is 0 Å². The van der Waals surface area contributed by atoms with Crippen molar-refractivity contribution in [3.05, 3.63) is 89.7 Å². The molecule has 0 aromatic heterocycles. The van der Waals surface area contributed by atoms with Crippen molar-refractivity contribution >= 4 is 23.0 Å². The molecule has 0 fully saturated rings. The molecule has 0 aliphatic rings. The highest BCUT2D eigenvalue weighted by Gasteiger charge is 2.05. The lowest BCUT2D eigenvalue weighted by Gasteiger charge is -2.09. The fraction of sp³-hybridized carbons (Fsp3) is 0.0476. The summed E-state index contributed by atoms with van der Waals surface area (Å²) < 4.78 is 13.2. The van der Waals surface area contributed by atoms with E-state index in [-0.39, 0.29) is 18.1 Å². The first kappa shape index (κ1) is 17.2. The quantitative estimate of drug-likeness (QED) is 0.709. The van der Waals surface area contributed by atoms with Crippen molar-refractivity contribution in [3.63, 3.8) is 0 Å². The lowest BCUT2D eigenvalue weighted by Crippen LogP contribution is -2.14. The van der Waals surface area contributed by atoms with Crippen LogP contribution in [0.15, 0.2) is 72.8 Å². The van der Waals surface area contributed by atoms with Gasteiger partial charge in [0.2, 0.25) is 5.91 Å². The van der Waals surface area contributed by atoms with Gasteiger partial charge in [-0.05, 0) is 60.2 Å². The van der Waals surface area contributed by atoms with E-state index >= 15 is 0 Å².